The van der Waals surface area contributed by atoms with E-state index in [0.717, 1.165) is 89.9 Å². The van der Waals surface area contributed by atoms with Gasteiger partial charge >= 0.3 is 17.9 Å². The topological polar surface area (TPSA) is 78.9 Å². The van der Waals surface area contributed by atoms with Crippen molar-refractivity contribution in [1.82, 2.24) is 0 Å². The van der Waals surface area contributed by atoms with Crippen molar-refractivity contribution >= 4 is 17.9 Å². The molecule has 0 saturated carbocycles. The van der Waals surface area contributed by atoms with Crippen molar-refractivity contribution in [3.63, 3.8) is 0 Å². The minimum atomic E-state index is -0.798. The fourth-order valence-corrected chi connectivity index (χ4v) is 5.99. The smallest absolute Gasteiger partial charge is 0.306 e. The van der Waals surface area contributed by atoms with Crippen molar-refractivity contribution in [2.75, 3.05) is 13.2 Å². The van der Waals surface area contributed by atoms with Crippen molar-refractivity contribution in [2.24, 2.45) is 0 Å². The van der Waals surface area contributed by atoms with Gasteiger partial charge in [0, 0.05) is 19.3 Å². The second kappa shape index (κ2) is 44.6. The van der Waals surface area contributed by atoms with Crippen molar-refractivity contribution in [2.45, 2.75) is 213 Å². The van der Waals surface area contributed by atoms with E-state index in [1.807, 2.05) is 0 Å². The van der Waals surface area contributed by atoms with Crippen LogP contribution in [0.3, 0.4) is 0 Å². The molecule has 0 aromatic rings. The Morgan fingerprint density at radius 3 is 1.23 bits per heavy atom. The molecule has 6 heteroatoms. The molecule has 0 fully saturated rings. The first-order valence-electron chi connectivity index (χ1n) is 22.9. The largest absolute Gasteiger partial charge is 0.462 e. The van der Waals surface area contributed by atoms with Crippen LogP contribution in [0, 0.1) is 0 Å². The average Bonchev–Trinajstić information content (AvgIpc) is 3.19. The molecule has 0 aliphatic carbocycles. The van der Waals surface area contributed by atoms with Gasteiger partial charge in [-0.25, -0.2) is 0 Å². The Balaban J connectivity index is 4.46. The molecule has 0 unspecified atom stereocenters. The van der Waals surface area contributed by atoms with Gasteiger partial charge in [0.25, 0.3) is 0 Å². The third-order valence-corrected chi connectivity index (χ3v) is 9.45. The number of ether oxygens (including phenoxy) is 3. The van der Waals surface area contributed by atoms with Gasteiger partial charge in [0.05, 0.1) is 0 Å². The quantitative estimate of drug-likeness (QED) is 0.0267. The molecule has 0 rings (SSSR count). The number of hydrogen-bond acceptors (Lipinski definition) is 6. The van der Waals surface area contributed by atoms with Gasteiger partial charge in [-0.05, 0) is 77.0 Å². The van der Waals surface area contributed by atoms with Gasteiger partial charge in [-0.3, -0.25) is 14.4 Å². The summed E-state index contributed by atoms with van der Waals surface area (Å²) in [6.45, 7) is 6.40. The monoisotopic (exact) mass is 781 g/mol. The van der Waals surface area contributed by atoms with Crippen LogP contribution in [0.4, 0.5) is 0 Å². The van der Waals surface area contributed by atoms with Gasteiger partial charge in [-0.2, -0.15) is 0 Å². The predicted molar refractivity (Wildman–Crippen MR) is 238 cm³/mol. The van der Waals surface area contributed by atoms with Crippen LogP contribution >= 0.6 is 0 Å². The Morgan fingerprint density at radius 2 is 0.732 bits per heavy atom. The Morgan fingerprint density at radius 1 is 0.375 bits per heavy atom. The number of carbonyl (C=O) groups is 3. The van der Waals surface area contributed by atoms with E-state index in [0.29, 0.717) is 19.3 Å². The molecule has 0 heterocycles. The zero-order chi connectivity index (χ0) is 40.8. The first kappa shape index (κ1) is 52.9. The molecule has 56 heavy (non-hydrogen) atoms. The molecule has 6 nitrogen and oxygen atoms in total. The highest BCUT2D eigenvalue weighted by Crippen LogP contribution is 2.13. The lowest BCUT2D eigenvalue weighted by Crippen LogP contribution is -2.30. The van der Waals surface area contributed by atoms with Gasteiger partial charge in [-0.1, -0.05) is 184 Å². The van der Waals surface area contributed by atoms with E-state index < -0.39 is 6.10 Å². The Bertz CT molecular complexity index is 1080. The minimum Gasteiger partial charge on any atom is -0.462 e. The average molecular weight is 781 g/mol. The molecule has 0 aromatic heterocycles. The third kappa shape index (κ3) is 42.0. The van der Waals surface area contributed by atoms with Crippen LogP contribution in [0.1, 0.15) is 207 Å². The number of esters is 3. The first-order chi connectivity index (χ1) is 27.5. The summed E-state index contributed by atoms with van der Waals surface area (Å²) in [7, 11) is 0. The van der Waals surface area contributed by atoms with Crippen LogP contribution in [-0.2, 0) is 28.6 Å². The zero-order valence-electron chi connectivity index (χ0n) is 36.4. The lowest BCUT2D eigenvalue weighted by Gasteiger charge is -2.18. The van der Waals surface area contributed by atoms with Crippen molar-refractivity contribution < 1.29 is 28.6 Å². The van der Waals surface area contributed by atoms with Crippen molar-refractivity contribution in [3.8, 4) is 0 Å². The SMILES string of the molecule is CC/C=C\C/C=C\C/C=C\C/C=C\C/C=C\CCCC(=O)OC[C@@H](COC(=O)CCCCCCCCCCCC)OC(=O)CCCCCCC/C=C\CCCC. The molecule has 0 N–H and O–H groups in total. The molecule has 0 aromatic carbocycles. The summed E-state index contributed by atoms with van der Waals surface area (Å²) in [5, 5.41) is 0. The van der Waals surface area contributed by atoms with E-state index in [1.165, 1.54) is 70.6 Å². The van der Waals surface area contributed by atoms with Crippen LogP contribution in [-0.4, -0.2) is 37.2 Å². The fourth-order valence-electron chi connectivity index (χ4n) is 5.99. The molecule has 0 aliphatic heterocycles. The molecule has 0 spiro atoms. The maximum Gasteiger partial charge on any atom is 0.306 e. The molecule has 0 radical (unpaired) electrons. The Hall–Kier alpha value is -3.15. The van der Waals surface area contributed by atoms with Gasteiger partial charge in [-0.15, -0.1) is 0 Å². The van der Waals surface area contributed by atoms with Crippen LogP contribution in [0.2, 0.25) is 0 Å². The van der Waals surface area contributed by atoms with E-state index in [-0.39, 0.29) is 37.5 Å². The number of unbranched alkanes of at least 4 members (excludes halogenated alkanes) is 17. The van der Waals surface area contributed by atoms with E-state index in [9.17, 15) is 14.4 Å². The second-order valence-corrected chi connectivity index (χ2v) is 14.9. The van der Waals surface area contributed by atoms with Crippen LogP contribution in [0.25, 0.3) is 0 Å². The molecule has 1 atom stereocenters. The summed E-state index contributed by atoms with van der Waals surface area (Å²) in [5.74, 6) is -0.974. The Kier molecular flexibility index (Phi) is 42.1. The van der Waals surface area contributed by atoms with E-state index in [1.54, 1.807) is 0 Å². The lowest BCUT2D eigenvalue weighted by molar-refractivity contribution is -0.167. The van der Waals surface area contributed by atoms with Crippen molar-refractivity contribution in [3.05, 3.63) is 72.9 Å². The van der Waals surface area contributed by atoms with Gasteiger partial charge in [0.2, 0.25) is 0 Å². The second-order valence-electron chi connectivity index (χ2n) is 14.9. The summed E-state index contributed by atoms with van der Waals surface area (Å²) in [5.41, 5.74) is 0. The summed E-state index contributed by atoms with van der Waals surface area (Å²) < 4.78 is 16.6. The number of allylic oxidation sites excluding steroid dienone is 12. The van der Waals surface area contributed by atoms with Crippen LogP contribution < -0.4 is 0 Å². The number of hydrogen-bond donors (Lipinski definition) is 0. The maximum absolute atomic E-state index is 12.7. The van der Waals surface area contributed by atoms with Crippen LogP contribution in [0.5, 0.6) is 0 Å². The van der Waals surface area contributed by atoms with Gasteiger partial charge in [0.1, 0.15) is 13.2 Å². The fraction of sp³-hybridized carbons (Fsp3) is 0.700. The molecule has 0 saturated heterocycles. The van der Waals surface area contributed by atoms with Gasteiger partial charge in [0.15, 0.2) is 6.10 Å². The number of carbonyl (C=O) groups excluding carboxylic acids is 3. The molecular weight excluding hydrogens is 697 g/mol. The van der Waals surface area contributed by atoms with Crippen molar-refractivity contribution in [1.29, 1.82) is 0 Å². The van der Waals surface area contributed by atoms with E-state index >= 15 is 0 Å². The molecule has 0 aliphatic rings. The molecule has 0 amide bonds. The summed E-state index contributed by atoms with van der Waals surface area (Å²) in [6.07, 6.45) is 54.6. The molecule has 320 valence electrons. The number of rotatable bonds is 40. The normalized spacial score (nSPS) is 12.7. The zero-order valence-corrected chi connectivity index (χ0v) is 36.4. The van der Waals surface area contributed by atoms with E-state index in [2.05, 4.69) is 93.7 Å². The molecular formula is C50H84O6. The maximum atomic E-state index is 12.7. The van der Waals surface area contributed by atoms with E-state index in [4.69, 9.17) is 14.2 Å². The summed E-state index contributed by atoms with van der Waals surface area (Å²) in [4.78, 5) is 37.7. The minimum absolute atomic E-state index is 0.0958. The molecule has 0 bridgehead atoms. The standard InChI is InChI=1S/C50H84O6/c1-4-7-10-13-16-19-22-23-24-25-26-27-29-31-34-37-40-43-49(52)55-46-47(45-54-48(51)42-39-36-33-30-21-18-15-12-9-6-3)56-50(53)44-41-38-35-32-28-20-17-14-11-8-5-2/h7,10,14,16-17,19,23-24,26-27,31,34,47H,4-6,8-9,11-13,15,18,20-22,25,28-30,32-33,35-46H2,1-3H3/b10-7-,17-14-,19-16-,24-23-,27-26-,34-31-/t47-/m1/s1. The third-order valence-electron chi connectivity index (χ3n) is 9.45. The summed E-state index contributed by atoms with van der Waals surface area (Å²) in [6, 6.07) is 0. The highest BCUT2D eigenvalue weighted by atomic mass is 16.6. The van der Waals surface area contributed by atoms with Crippen LogP contribution in [0.15, 0.2) is 72.9 Å². The Labute approximate surface area is 344 Å². The predicted octanol–water partition coefficient (Wildman–Crippen LogP) is 14.7. The summed E-state index contributed by atoms with van der Waals surface area (Å²) >= 11 is 0. The highest BCUT2D eigenvalue weighted by Gasteiger charge is 2.19. The van der Waals surface area contributed by atoms with Gasteiger partial charge < -0.3 is 14.2 Å². The lowest BCUT2D eigenvalue weighted by atomic mass is 10.1. The highest BCUT2D eigenvalue weighted by molar-refractivity contribution is 5.71. The first-order valence-corrected chi connectivity index (χ1v) is 22.9.